The Bertz CT molecular complexity index is 508. The van der Waals surface area contributed by atoms with E-state index in [1.165, 1.54) is 18.3 Å². The third-order valence-electron chi connectivity index (χ3n) is 1.98. The van der Waals surface area contributed by atoms with Crippen molar-refractivity contribution in [3.8, 4) is 6.07 Å². The minimum Gasteiger partial charge on any atom is -0.244 e. The fraction of sp³-hybridized carbons (Fsp3) is 0.400. The van der Waals surface area contributed by atoms with E-state index in [1.54, 1.807) is 13.0 Å². The first-order valence-corrected chi connectivity index (χ1v) is 6.83. The van der Waals surface area contributed by atoms with Gasteiger partial charge in [-0.3, -0.25) is 0 Å². The molecule has 1 unspecified atom stereocenters. The van der Waals surface area contributed by atoms with Gasteiger partial charge in [-0.05, 0) is 18.1 Å². The molecule has 1 heterocycles. The number of sulfone groups is 1. The van der Waals surface area contributed by atoms with Crippen molar-refractivity contribution in [3.05, 3.63) is 24.0 Å². The number of aromatic nitrogens is 1. The lowest BCUT2D eigenvalue weighted by Gasteiger charge is -2.09. The summed E-state index contributed by atoms with van der Waals surface area (Å²) >= 11 is 5.57. The number of rotatable bonds is 4. The van der Waals surface area contributed by atoms with Crippen molar-refractivity contribution in [1.29, 1.82) is 5.26 Å². The van der Waals surface area contributed by atoms with E-state index in [-0.39, 0.29) is 28.1 Å². The Labute approximate surface area is 99.8 Å². The van der Waals surface area contributed by atoms with E-state index in [4.69, 9.17) is 16.9 Å². The number of halogens is 1. The third-order valence-corrected chi connectivity index (χ3v) is 4.51. The van der Waals surface area contributed by atoms with Gasteiger partial charge >= 0.3 is 0 Å². The summed E-state index contributed by atoms with van der Waals surface area (Å²) < 4.78 is 23.9. The Hall–Kier alpha value is -1.12. The maximum absolute atomic E-state index is 11.9. The number of nitrogens with zero attached hydrogens (tertiary/aromatic N) is 2. The molecule has 0 amide bonds. The number of pyridine rings is 1. The van der Waals surface area contributed by atoms with Gasteiger partial charge in [0.1, 0.15) is 11.0 Å². The third kappa shape index (κ3) is 2.94. The Kier molecular flexibility index (Phi) is 4.27. The molecule has 4 nitrogen and oxygen atoms in total. The van der Waals surface area contributed by atoms with E-state index in [0.29, 0.717) is 0 Å². The van der Waals surface area contributed by atoms with Crippen LogP contribution in [0.5, 0.6) is 0 Å². The second-order valence-corrected chi connectivity index (χ2v) is 5.81. The van der Waals surface area contributed by atoms with Crippen LogP contribution in [0.3, 0.4) is 0 Å². The SMILES string of the molecule is CC(CCl)CS(=O)(=O)c1cccnc1C#N. The van der Waals surface area contributed by atoms with Crippen LogP contribution < -0.4 is 0 Å². The molecule has 0 radical (unpaired) electrons. The standard InChI is InChI=1S/C10H11ClN2O2S/c1-8(5-11)7-16(14,15)10-3-2-4-13-9(10)6-12/h2-4,8H,5,7H2,1H3. The van der Waals surface area contributed by atoms with Crippen LogP contribution in [0.4, 0.5) is 0 Å². The summed E-state index contributed by atoms with van der Waals surface area (Å²) in [5.74, 6) is 0.0385. The van der Waals surface area contributed by atoms with Gasteiger partial charge in [-0.25, -0.2) is 13.4 Å². The van der Waals surface area contributed by atoms with Crippen LogP contribution in [0.25, 0.3) is 0 Å². The molecule has 1 aromatic heterocycles. The smallest absolute Gasteiger partial charge is 0.181 e. The zero-order valence-corrected chi connectivity index (χ0v) is 10.3. The molecule has 1 atom stereocenters. The molecule has 0 aliphatic heterocycles. The maximum Gasteiger partial charge on any atom is 0.181 e. The first-order chi connectivity index (χ1) is 7.51. The topological polar surface area (TPSA) is 70.8 Å². The van der Waals surface area contributed by atoms with Gasteiger partial charge in [0, 0.05) is 12.1 Å². The highest BCUT2D eigenvalue weighted by Gasteiger charge is 2.21. The average molecular weight is 259 g/mol. The molecule has 0 fully saturated rings. The van der Waals surface area contributed by atoms with Gasteiger partial charge in [0.25, 0.3) is 0 Å². The quantitative estimate of drug-likeness (QED) is 0.769. The summed E-state index contributed by atoms with van der Waals surface area (Å²) in [6.07, 6.45) is 1.39. The molecule has 0 saturated heterocycles. The maximum atomic E-state index is 11.9. The molecule has 1 rings (SSSR count). The summed E-state index contributed by atoms with van der Waals surface area (Å²) in [4.78, 5) is 3.70. The van der Waals surface area contributed by atoms with Crippen molar-refractivity contribution in [2.24, 2.45) is 5.92 Å². The van der Waals surface area contributed by atoms with Crippen molar-refractivity contribution in [2.45, 2.75) is 11.8 Å². The summed E-state index contributed by atoms with van der Waals surface area (Å²) in [5.41, 5.74) is -0.0655. The van der Waals surface area contributed by atoms with Crippen LogP contribution in [-0.4, -0.2) is 25.0 Å². The van der Waals surface area contributed by atoms with E-state index >= 15 is 0 Å². The van der Waals surface area contributed by atoms with Crippen molar-refractivity contribution < 1.29 is 8.42 Å². The summed E-state index contributed by atoms with van der Waals surface area (Å²) in [6.45, 7) is 1.74. The van der Waals surface area contributed by atoms with Crippen LogP contribution in [0.1, 0.15) is 12.6 Å². The first kappa shape index (κ1) is 12.9. The van der Waals surface area contributed by atoms with Gasteiger partial charge in [0.05, 0.1) is 5.75 Å². The molecular formula is C10H11ClN2O2S. The minimum atomic E-state index is -3.48. The lowest BCUT2D eigenvalue weighted by molar-refractivity contribution is 0.582. The fourth-order valence-electron chi connectivity index (χ4n) is 1.23. The van der Waals surface area contributed by atoms with E-state index in [2.05, 4.69) is 4.98 Å². The summed E-state index contributed by atoms with van der Waals surface area (Å²) in [6, 6.07) is 4.66. The Morgan fingerprint density at radius 3 is 2.88 bits per heavy atom. The lowest BCUT2D eigenvalue weighted by atomic mass is 10.3. The number of nitriles is 1. The Balaban J connectivity index is 3.13. The van der Waals surface area contributed by atoms with Crippen molar-refractivity contribution in [2.75, 3.05) is 11.6 Å². The molecule has 1 aromatic rings. The van der Waals surface area contributed by atoms with Crippen molar-refractivity contribution in [3.63, 3.8) is 0 Å². The second-order valence-electron chi connectivity index (χ2n) is 3.50. The van der Waals surface area contributed by atoms with Gasteiger partial charge < -0.3 is 0 Å². The largest absolute Gasteiger partial charge is 0.244 e. The molecular weight excluding hydrogens is 248 g/mol. The highest BCUT2D eigenvalue weighted by molar-refractivity contribution is 7.91. The summed E-state index contributed by atoms with van der Waals surface area (Å²) in [5, 5.41) is 8.77. The number of alkyl halides is 1. The molecule has 0 aliphatic carbocycles. The van der Waals surface area contributed by atoms with Gasteiger partial charge in [-0.2, -0.15) is 5.26 Å². The molecule has 16 heavy (non-hydrogen) atoms. The van der Waals surface area contributed by atoms with Gasteiger partial charge in [-0.15, -0.1) is 11.6 Å². The highest BCUT2D eigenvalue weighted by Crippen LogP contribution is 2.17. The molecule has 0 aromatic carbocycles. The molecule has 86 valence electrons. The van der Waals surface area contributed by atoms with Crippen molar-refractivity contribution >= 4 is 21.4 Å². The van der Waals surface area contributed by atoms with E-state index < -0.39 is 9.84 Å². The molecule has 6 heteroatoms. The van der Waals surface area contributed by atoms with Gasteiger partial charge in [-0.1, -0.05) is 6.92 Å². The first-order valence-electron chi connectivity index (χ1n) is 4.65. The number of hydrogen-bond donors (Lipinski definition) is 0. The van der Waals surface area contributed by atoms with E-state index in [1.807, 2.05) is 0 Å². The van der Waals surface area contributed by atoms with Crippen LogP contribution in [0, 0.1) is 17.2 Å². The highest BCUT2D eigenvalue weighted by atomic mass is 35.5. The molecule has 0 saturated carbocycles. The number of hydrogen-bond acceptors (Lipinski definition) is 4. The van der Waals surface area contributed by atoms with E-state index in [9.17, 15) is 8.42 Å². The monoisotopic (exact) mass is 258 g/mol. The van der Waals surface area contributed by atoms with Crippen LogP contribution in [-0.2, 0) is 9.84 Å². The van der Waals surface area contributed by atoms with Crippen molar-refractivity contribution in [1.82, 2.24) is 4.98 Å². The second kappa shape index (κ2) is 5.28. The normalized spacial score (nSPS) is 13.1. The van der Waals surface area contributed by atoms with Crippen LogP contribution in [0.15, 0.2) is 23.2 Å². The average Bonchev–Trinajstić information content (AvgIpc) is 2.28. The fourth-order valence-corrected chi connectivity index (χ4v) is 3.20. The van der Waals surface area contributed by atoms with Gasteiger partial charge in [0.2, 0.25) is 0 Å². The lowest BCUT2D eigenvalue weighted by Crippen LogP contribution is -2.16. The van der Waals surface area contributed by atoms with E-state index in [0.717, 1.165) is 0 Å². The Morgan fingerprint density at radius 1 is 1.62 bits per heavy atom. The van der Waals surface area contributed by atoms with Gasteiger partial charge in [0.15, 0.2) is 15.5 Å². The summed E-state index contributed by atoms with van der Waals surface area (Å²) in [7, 11) is -3.48. The molecule has 0 bridgehead atoms. The molecule has 0 N–H and O–H groups in total. The zero-order valence-electron chi connectivity index (χ0n) is 8.72. The predicted molar refractivity (Wildman–Crippen MR) is 60.9 cm³/mol. The molecule has 0 aliphatic rings. The van der Waals surface area contributed by atoms with Crippen LogP contribution in [0.2, 0.25) is 0 Å². The van der Waals surface area contributed by atoms with Crippen LogP contribution >= 0.6 is 11.6 Å². The molecule has 0 spiro atoms. The zero-order chi connectivity index (χ0) is 12.2. The Morgan fingerprint density at radius 2 is 2.31 bits per heavy atom. The predicted octanol–water partition coefficient (Wildman–Crippen LogP) is 1.60. The minimum absolute atomic E-state index is 0.0190.